The molecule has 3 rings (SSSR count). The third-order valence-electron chi connectivity index (χ3n) is 4.96. The number of allylic oxidation sites excluding steroid dienone is 3. The number of ketones is 1. The van der Waals surface area contributed by atoms with Crippen LogP contribution in [0, 0.1) is 16.7 Å². The van der Waals surface area contributed by atoms with Crippen molar-refractivity contribution in [3.63, 3.8) is 0 Å². The van der Waals surface area contributed by atoms with Crippen LogP contribution in [-0.2, 0) is 4.79 Å². The van der Waals surface area contributed by atoms with Crippen molar-refractivity contribution in [1.29, 1.82) is 5.26 Å². The number of hydrazine groups is 1. The van der Waals surface area contributed by atoms with Gasteiger partial charge >= 0.3 is 0 Å². The van der Waals surface area contributed by atoms with Gasteiger partial charge in [0, 0.05) is 36.3 Å². The molecule has 0 saturated heterocycles. The lowest BCUT2D eigenvalue weighted by molar-refractivity contribution is -0.119. The number of benzene rings is 1. The molecule has 5 nitrogen and oxygen atoms in total. The Hall–Kier alpha value is -2.10. The summed E-state index contributed by atoms with van der Waals surface area (Å²) in [6.45, 7) is 4.19. The molecule has 1 aromatic rings. The van der Waals surface area contributed by atoms with E-state index >= 15 is 0 Å². The van der Waals surface area contributed by atoms with E-state index in [1.54, 1.807) is 0 Å². The molecular weight excluding hydrogens is 392 g/mol. The Balaban J connectivity index is 2.27. The highest BCUT2D eigenvalue weighted by Gasteiger charge is 2.44. The summed E-state index contributed by atoms with van der Waals surface area (Å²) in [4.78, 5) is 13.1. The van der Waals surface area contributed by atoms with Crippen LogP contribution < -0.4 is 5.73 Å². The normalized spacial score (nSPS) is 22.6. The number of nitrogens with zero attached hydrogens (tertiary/aromatic N) is 3. The number of rotatable bonds is 2. The Morgan fingerprint density at radius 3 is 2.42 bits per heavy atom. The summed E-state index contributed by atoms with van der Waals surface area (Å²) in [6.07, 6.45) is 1.21. The molecule has 1 aliphatic carbocycles. The second-order valence-electron chi connectivity index (χ2n) is 7.86. The number of hydrogen-bond donors (Lipinski definition) is 1. The zero-order chi connectivity index (χ0) is 19.2. The van der Waals surface area contributed by atoms with E-state index in [0.717, 1.165) is 22.2 Å². The summed E-state index contributed by atoms with van der Waals surface area (Å²) in [5.41, 5.74) is 9.22. The van der Waals surface area contributed by atoms with Gasteiger partial charge in [-0.3, -0.25) is 9.80 Å². The fraction of sp³-hybridized carbons (Fsp3) is 0.400. The largest absolute Gasteiger partial charge is 0.383 e. The first-order valence-corrected chi connectivity index (χ1v) is 9.34. The number of Topliss-reactive ketones (excluding diaryl/α,β-unsaturated/α-hetero) is 1. The molecule has 1 aliphatic heterocycles. The summed E-state index contributed by atoms with van der Waals surface area (Å²) in [5, 5.41) is 13.5. The third kappa shape index (κ3) is 3.06. The van der Waals surface area contributed by atoms with Gasteiger partial charge in [-0.15, -0.1) is 0 Å². The van der Waals surface area contributed by atoms with E-state index in [1.807, 2.05) is 48.4 Å². The molecule has 6 heteroatoms. The van der Waals surface area contributed by atoms with Crippen LogP contribution in [0.2, 0.25) is 0 Å². The minimum absolute atomic E-state index is 0.0938. The smallest absolute Gasteiger partial charge is 0.162 e. The number of hydrogen-bond acceptors (Lipinski definition) is 5. The Labute approximate surface area is 162 Å². The predicted molar refractivity (Wildman–Crippen MR) is 104 cm³/mol. The van der Waals surface area contributed by atoms with E-state index in [0.29, 0.717) is 23.4 Å². The molecule has 0 saturated carbocycles. The minimum Gasteiger partial charge on any atom is -0.383 e. The standard InChI is InChI=1S/C20H23BrN4O/c1-20(2)9-15-18(16(26)10-20)17(12-5-7-13(21)8-6-12)14(11-22)19(23)25(15)24(3)4/h5-8,17H,9-10,23H2,1-4H3/t17-/m1/s1. The van der Waals surface area contributed by atoms with Crippen LogP contribution >= 0.6 is 15.9 Å². The number of carbonyl (C=O) groups is 1. The monoisotopic (exact) mass is 414 g/mol. The van der Waals surface area contributed by atoms with Crippen LogP contribution in [0.25, 0.3) is 0 Å². The first-order valence-electron chi connectivity index (χ1n) is 8.55. The maximum Gasteiger partial charge on any atom is 0.162 e. The van der Waals surface area contributed by atoms with Gasteiger partial charge in [0.1, 0.15) is 5.82 Å². The molecule has 26 heavy (non-hydrogen) atoms. The van der Waals surface area contributed by atoms with Crippen molar-refractivity contribution >= 4 is 21.7 Å². The van der Waals surface area contributed by atoms with Crippen LogP contribution in [0.3, 0.4) is 0 Å². The van der Waals surface area contributed by atoms with Crippen LogP contribution in [0.5, 0.6) is 0 Å². The maximum absolute atomic E-state index is 13.1. The van der Waals surface area contributed by atoms with Crippen molar-refractivity contribution in [3.8, 4) is 6.07 Å². The van der Waals surface area contributed by atoms with Gasteiger partial charge in [0.2, 0.25) is 0 Å². The zero-order valence-electron chi connectivity index (χ0n) is 15.5. The van der Waals surface area contributed by atoms with E-state index in [-0.39, 0.29) is 11.2 Å². The second kappa shape index (κ2) is 6.57. The minimum atomic E-state index is -0.414. The molecule has 2 aliphatic rings. The van der Waals surface area contributed by atoms with E-state index in [4.69, 9.17) is 5.73 Å². The molecule has 1 heterocycles. The van der Waals surface area contributed by atoms with Crippen molar-refractivity contribution in [3.05, 3.63) is 57.0 Å². The van der Waals surface area contributed by atoms with Gasteiger partial charge in [-0.2, -0.15) is 5.26 Å². The van der Waals surface area contributed by atoms with E-state index in [9.17, 15) is 10.1 Å². The lowest BCUT2D eigenvalue weighted by Crippen LogP contribution is -2.47. The first kappa shape index (κ1) is 18.7. The molecule has 0 fully saturated rings. The SMILES string of the molecule is CN(C)N1C(N)=C(C#N)[C@@H](c2ccc(Br)cc2)C2=C1CC(C)(C)CC2=O. The molecule has 1 atom stereocenters. The fourth-order valence-corrected chi connectivity index (χ4v) is 4.20. The molecule has 0 radical (unpaired) electrons. The van der Waals surface area contributed by atoms with Crippen LogP contribution in [0.1, 0.15) is 38.2 Å². The highest BCUT2D eigenvalue weighted by atomic mass is 79.9. The van der Waals surface area contributed by atoms with Crippen LogP contribution in [0.4, 0.5) is 0 Å². The average molecular weight is 415 g/mol. The van der Waals surface area contributed by atoms with E-state index < -0.39 is 5.92 Å². The molecule has 0 aromatic heterocycles. The summed E-state index contributed by atoms with van der Waals surface area (Å²) in [7, 11) is 3.75. The van der Waals surface area contributed by atoms with Crippen molar-refractivity contribution < 1.29 is 4.79 Å². The number of carbonyl (C=O) groups excluding carboxylic acids is 1. The summed E-state index contributed by atoms with van der Waals surface area (Å²) < 4.78 is 0.952. The Bertz CT molecular complexity index is 859. The maximum atomic E-state index is 13.1. The molecule has 136 valence electrons. The summed E-state index contributed by atoms with van der Waals surface area (Å²) >= 11 is 3.44. The average Bonchev–Trinajstić information content (AvgIpc) is 2.53. The number of nitriles is 1. The summed E-state index contributed by atoms with van der Waals surface area (Å²) in [6, 6.07) is 10.0. The second-order valence-corrected chi connectivity index (χ2v) is 8.77. The predicted octanol–water partition coefficient (Wildman–Crippen LogP) is 3.66. The number of halogens is 1. The molecular formula is C20H23BrN4O. The van der Waals surface area contributed by atoms with E-state index in [2.05, 4.69) is 35.8 Å². The van der Waals surface area contributed by atoms with Gasteiger partial charge in [0.05, 0.1) is 17.6 Å². The van der Waals surface area contributed by atoms with Crippen molar-refractivity contribution in [2.24, 2.45) is 11.1 Å². The lowest BCUT2D eigenvalue weighted by Gasteiger charge is -2.45. The lowest BCUT2D eigenvalue weighted by atomic mass is 9.69. The molecule has 2 N–H and O–H groups in total. The van der Waals surface area contributed by atoms with Crippen molar-refractivity contribution in [2.45, 2.75) is 32.6 Å². The van der Waals surface area contributed by atoms with E-state index in [1.165, 1.54) is 0 Å². The molecule has 0 amide bonds. The highest BCUT2D eigenvalue weighted by Crippen LogP contribution is 2.49. The molecule has 0 unspecified atom stereocenters. The van der Waals surface area contributed by atoms with Gasteiger partial charge in [0.15, 0.2) is 5.78 Å². The Morgan fingerprint density at radius 1 is 1.27 bits per heavy atom. The first-order chi connectivity index (χ1) is 12.2. The molecule has 1 aromatic carbocycles. The van der Waals surface area contributed by atoms with Gasteiger partial charge in [0.25, 0.3) is 0 Å². The van der Waals surface area contributed by atoms with Gasteiger partial charge in [-0.05, 0) is 29.5 Å². The van der Waals surface area contributed by atoms with Crippen LogP contribution in [0.15, 0.2) is 51.4 Å². The Kier molecular flexibility index (Phi) is 4.72. The van der Waals surface area contributed by atoms with Gasteiger partial charge < -0.3 is 5.73 Å². The fourth-order valence-electron chi connectivity index (χ4n) is 3.94. The topological polar surface area (TPSA) is 73.4 Å². The quantitative estimate of drug-likeness (QED) is 0.798. The third-order valence-corrected chi connectivity index (χ3v) is 5.49. The van der Waals surface area contributed by atoms with Gasteiger partial charge in [-0.1, -0.05) is 41.9 Å². The number of nitrogens with two attached hydrogens (primary N) is 1. The highest BCUT2D eigenvalue weighted by molar-refractivity contribution is 9.10. The molecule has 0 spiro atoms. The zero-order valence-corrected chi connectivity index (χ0v) is 17.1. The van der Waals surface area contributed by atoms with Crippen LogP contribution in [-0.4, -0.2) is 29.9 Å². The Morgan fingerprint density at radius 2 is 1.88 bits per heavy atom. The molecule has 0 bridgehead atoms. The summed E-state index contributed by atoms with van der Waals surface area (Å²) in [5.74, 6) is 0.0776. The van der Waals surface area contributed by atoms with Gasteiger partial charge in [-0.25, -0.2) is 5.01 Å². The van der Waals surface area contributed by atoms with Crippen molar-refractivity contribution in [1.82, 2.24) is 10.0 Å². The van der Waals surface area contributed by atoms with Crippen molar-refractivity contribution in [2.75, 3.05) is 14.1 Å².